The maximum absolute atomic E-state index is 5.67. The van der Waals surface area contributed by atoms with Crippen LogP contribution in [0.3, 0.4) is 0 Å². The van der Waals surface area contributed by atoms with Gasteiger partial charge in [0, 0.05) is 26.2 Å². The van der Waals surface area contributed by atoms with Crippen LogP contribution >= 0.6 is 0 Å². The van der Waals surface area contributed by atoms with E-state index in [4.69, 9.17) is 10.5 Å². The van der Waals surface area contributed by atoms with Crippen molar-refractivity contribution in [3.05, 3.63) is 0 Å². The van der Waals surface area contributed by atoms with Crippen molar-refractivity contribution in [2.75, 3.05) is 33.9 Å². The molecule has 3 nitrogen and oxygen atoms in total. The number of rotatable bonds is 6. The van der Waals surface area contributed by atoms with Crippen LogP contribution in [0.15, 0.2) is 0 Å². The molecule has 78 valence electrons. The lowest BCUT2D eigenvalue weighted by atomic mass is 9.85. The zero-order valence-corrected chi connectivity index (χ0v) is 8.83. The standard InChI is InChI=1S/C10H22N2O/c1-12(7-9-4-3-5-9)10(6-11)8-13-2/h9-10H,3-8,11H2,1-2H3. The van der Waals surface area contributed by atoms with E-state index in [2.05, 4.69) is 11.9 Å². The molecule has 3 heteroatoms. The smallest absolute Gasteiger partial charge is 0.0630 e. The van der Waals surface area contributed by atoms with Gasteiger partial charge in [0.05, 0.1) is 6.61 Å². The number of nitrogens with zero attached hydrogens (tertiary/aromatic N) is 1. The maximum Gasteiger partial charge on any atom is 0.0630 e. The van der Waals surface area contributed by atoms with Crippen molar-refractivity contribution in [3.8, 4) is 0 Å². The third-order valence-electron chi connectivity index (χ3n) is 3.03. The summed E-state index contributed by atoms with van der Waals surface area (Å²) in [4.78, 5) is 2.34. The molecule has 1 rings (SSSR count). The van der Waals surface area contributed by atoms with Crippen molar-refractivity contribution in [3.63, 3.8) is 0 Å². The molecule has 0 saturated heterocycles. The van der Waals surface area contributed by atoms with Gasteiger partial charge in [-0.3, -0.25) is 4.90 Å². The molecule has 2 N–H and O–H groups in total. The summed E-state index contributed by atoms with van der Waals surface area (Å²) in [7, 11) is 3.88. The minimum atomic E-state index is 0.394. The first-order valence-electron chi connectivity index (χ1n) is 5.17. The van der Waals surface area contributed by atoms with Gasteiger partial charge in [-0.05, 0) is 25.8 Å². The van der Waals surface area contributed by atoms with E-state index in [1.54, 1.807) is 7.11 Å². The fourth-order valence-electron chi connectivity index (χ4n) is 1.80. The topological polar surface area (TPSA) is 38.5 Å². The van der Waals surface area contributed by atoms with E-state index in [1.165, 1.54) is 25.8 Å². The molecular formula is C10H22N2O. The van der Waals surface area contributed by atoms with Crippen LogP contribution in [0.1, 0.15) is 19.3 Å². The molecule has 1 aliphatic rings. The maximum atomic E-state index is 5.67. The Morgan fingerprint density at radius 2 is 2.23 bits per heavy atom. The van der Waals surface area contributed by atoms with Gasteiger partial charge in [-0.25, -0.2) is 0 Å². The highest BCUT2D eigenvalue weighted by atomic mass is 16.5. The molecular weight excluding hydrogens is 164 g/mol. The molecule has 1 unspecified atom stereocenters. The van der Waals surface area contributed by atoms with E-state index in [-0.39, 0.29) is 0 Å². The summed E-state index contributed by atoms with van der Waals surface area (Å²) in [6.07, 6.45) is 4.21. The van der Waals surface area contributed by atoms with Gasteiger partial charge in [-0.2, -0.15) is 0 Å². The van der Waals surface area contributed by atoms with Crippen molar-refractivity contribution < 1.29 is 4.74 Å². The number of methoxy groups -OCH3 is 1. The van der Waals surface area contributed by atoms with Crippen molar-refractivity contribution in [1.82, 2.24) is 4.90 Å². The Balaban J connectivity index is 2.20. The Morgan fingerprint density at radius 3 is 2.62 bits per heavy atom. The average molecular weight is 186 g/mol. The molecule has 1 atom stereocenters. The summed E-state index contributed by atoms with van der Waals surface area (Å²) in [5.74, 6) is 0.913. The first-order chi connectivity index (χ1) is 6.27. The van der Waals surface area contributed by atoms with Crippen molar-refractivity contribution >= 4 is 0 Å². The molecule has 0 aromatic rings. The number of nitrogens with two attached hydrogens (primary N) is 1. The summed E-state index contributed by atoms with van der Waals surface area (Å²) in [5.41, 5.74) is 5.67. The van der Waals surface area contributed by atoms with Gasteiger partial charge >= 0.3 is 0 Å². The largest absolute Gasteiger partial charge is 0.383 e. The minimum Gasteiger partial charge on any atom is -0.383 e. The van der Waals surface area contributed by atoms with Gasteiger partial charge in [0.1, 0.15) is 0 Å². The fraction of sp³-hybridized carbons (Fsp3) is 1.00. The molecule has 0 radical (unpaired) electrons. The second kappa shape index (κ2) is 5.58. The van der Waals surface area contributed by atoms with Crippen LogP contribution in [-0.4, -0.2) is 44.8 Å². The minimum absolute atomic E-state index is 0.394. The van der Waals surface area contributed by atoms with Crippen molar-refractivity contribution in [2.24, 2.45) is 11.7 Å². The number of likely N-dealkylation sites (N-methyl/N-ethyl adjacent to an activating group) is 1. The third-order valence-corrected chi connectivity index (χ3v) is 3.03. The van der Waals surface area contributed by atoms with Crippen LogP contribution in [-0.2, 0) is 4.74 Å². The average Bonchev–Trinajstić information content (AvgIpc) is 2.07. The highest BCUT2D eigenvalue weighted by Crippen LogP contribution is 2.27. The SMILES string of the molecule is COCC(CN)N(C)CC1CCC1. The molecule has 0 aromatic heterocycles. The predicted molar refractivity (Wildman–Crippen MR) is 54.7 cm³/mol. The molecule has 0 spiro atoms. The molecule has 0 aromatic carbocycles. The predicted octanol–water partition coefficient (Wildman–Crippen LogP) is 0.692. The Hall–Kier alpha value is -0.120. The van der Waals surface area contributed by atoms with Gasteiger partial charge in [0.2, 0.25) is 0 Å². The molecule has 0 bridgehead atoms. The van der Waals surface area contributed by atoms with Gasteiger partial charge in [-0.1, -0.05) is 6.42 Å². The van der Waals surface area contributed by atoms with E-state index < -0.39 is 0 Å². The van der Waals surface area contributed by atoms with E-state index in [0.717, 1.165) is 12.5 Å². The van der Waals surface area contributed by atoms with Gasteiger partial charge in [0.15, 0.2) is 0 Å². The van der Waals surface area contributed by atoms with Gasteiger partial charge in [0.25, 0.3) is 0 Å². The summed E-state index contributed by atoms with van der Waals surface area (Å²) in [6.45, 7) is 2.63. The molecule has 1 fully saturated rings. The van der Waals surface area contributed by atoms with Crippen molar-refractivity contribution in [2.45, 2.75) is 25.3 Å². The summed E-state index contributed by atoms with van der Waals surface area (Å²) in [6, 6.07) is 0.394. The van der Waals surface area contributed by atoms with E-state index in [9.17, 15) is 0 Å². The van der Waals surface area contributed by atoms with Gasteiger partial charge in [-0.15, -0.1) is 0 Å². The van der Waals surface area contributed by atoms with Crippen LogP contribution in [0, 0.1) is 5.92 Å². The van der Waals surface area contributed by atoms with Crippen LogP contribution < -0.4 is 5.73 Å². The Labute approximate surface area is 81.2 Å². The molecule has 0 aliphatic heterocycles. The molecule has 0 heterocycles. The fourth-order valence-corrected chi connectivity index (χ4v) is 1.80. The first kappa shape index (κ1) is 11.0. The van der Waals surface area contributed by atoms with Gasteiger partial charge < -0.3 is 10.5 Å². The lowest BCUT2D eigenvalue weighted by Crippen LogP contribution is -2.44. The van der Waals surface area contributed by atoms with E-state index in [0.29, 0.717) is 12.6 Å². The Morgan fingerprint density at radius 1 is 1.54 bits per heavy atom. The zero-order chi connectivity index (χ0) is 9.68. The Kier molecular flexibility index (Phi) is 4.70. The zero-order valence-electron chi connectivity index (χ0n) is 8.83. The van der Waals surface area contributed by atoms with Crippen molar-refractivity contribution in [1.29, 1.82) is 0 Å². The lowest BCUT2D eigenvalue weighted by molar-refractivity contribution is 0.0885. The van der Waals surface area contributed by atoms with Crippen LogP contribution in [0.5, 0.6) is 0 Å². The lowest BCUT2D eigenvalue weighted by Gasteiger charge is -2.34. The molecule has 0 amide bonds. The molecule has 1 aliphatic carbocycles. The first-order valence-corrected chi connectivity index (χ1v) is 5.17. The number of hydrogen-bond acceptors (Lipinski definition) is 3. The summed E-state index contributed by atoms with van der Waals surface area (Å²) < 4.78 is 5.13. The quantitative estimate of drug-likeness (QED) is 0.663. The highest BCUT2D eigenvalue weighted by molar-refractivity contribution is 4.76. The molecule has 13 heavy (non-hydrogen) atoms. The highest BCUT2D eigenvalue weighted by Gasteiger charge is 2.22. The molecule has 1 saturated carbocycles. The summed E-state index contributed by atoms with van der Waals surface area (Å²) in [5, 5.41) is 0. The monoisotopic (exact) mass is 186 g/mol. The summed E-state index contributed by atoms with van der Waals surface area (Å²) >= 11 is 0. The second-order valence-electron chi connectivity index (χ2n) is 4.08. The second-order valence-corrected chi connectivity index (χ2v) is 4.08. The third kappa shape index (κ3) is 3.25. The van der Waals surface area contributed by atoms with Crippen LogP contribution in [0.2, 0.25) is 0 Å². The van der Waals surface area contributed by atoms with Crippen LogP contribution in [0.4, 0.5) is 0 Å². The Bertz CT molecular complexity index is 137. The number of ether oxygens (including phenoxy) is 1. The van der Waals surface area contributed by atoms with E-state index >= 15 is 0 Å². The number of hydrogen-bond donors (Lipinski definition) is 1. The van der Waals surface area contributed by atoms with E-state index in [1.807, 2.05) is 0 Å². The van der Waals surface area contributed by atoms with Crippen LogP contribution in [0.25, 0.3) is 0 Å². The normalized spacial score (nSPS) is 20.3.